The van der Waals surface area contributed by atoms with Crippen LogP contribution in [0.3, 0.4) is 0 Å². The SMILES string of the molecule is CN(C(=O)Oc1c(N2CCN(CCN3CCC4CC4C3=O)C2=O)cc(C(F)(F)F)cc1C(F)(F)F)c1ccc(F)cc1. The molecule has 15 heteroatoms. The molecule has 0 spiro atoms. The van der Waals surface area contributed by atoms with Crippen molar-refractivity contribution in [3.05, 3.63) is 53.3 Å². The molecule has 42 heavy (non-hydrogen) atoms. The van der Waals surface area contributed by atoms with Crippen molar-refractivity contribution in [2.75, 3.05) is 49.6 Å². The predicted molar refractivity (Wildman–Crippen MR) is 134 cm³/mol. The van der Waals surface area contributed by atoms with E-state index < -0.39 is 52.9 Å². The van der Waals surface area contributed by atoms with Crippen LogP contribution in [0.15, 0.2) is 36.4 Å². The van der Waals surface area contributed by atoms with Gasteiger partial charge in [0.2, 0.25) is 5.91 Å². The number of rotatable bonds is 6. The summed E-state index contributed by atoms with van der Waals surface area (Å²) in [5.41, 5.74) is -4.46. The van der Waals surface area contributed by atoms with Gasteiger partial charge in [-0.2, -0.15) is 26.3 Å². The molecule has 1 saturated carbocycles. The molecule has 2 atom stereocenters. The molecular formula is C27H25F7N4O4. The molecule has 3 fully saturated rings. The Bertz CT molecular complexity index is 1400. The van der Waals surface area contributed by atoms with E-state index >= 15 is 0 Å². The number of anilines is 2. The number of piperidine rings is 1. The van der Waals surface area contributed by atoms with Crippen molar-refractivity contribution in [3.8, 4) is 5.75 Å². The number of amides is 4. The molecule has 0 N–H and O–H groups in total. The number of nitrogens with zero attached hydrogens (tertiary/aromatic N) is 4. The number of carbonyl (C=O) groups is 3. The van der Waals surface area contributed by atoms with Crippen molar-refractivity contribution in [1.29, 1.82) is 0 Å². The lowest BCUT2D eigenvalue weighted by atomic mass is 10.1. The number of halogens is 7. The first-order valence-corrected chi connectivity index (χ1v) is 13.0. The highest BCUT2D eigenvalue weighted by molar-refractivity contribution is 5.97. The Balaban J connectivity index is 1.45. The lowest BCUT2D eigenvalue weighted by Gasteiger charge is -2.29. The Kier molecular flexibility index (Phi) is 7.47. The quantitative estimate of drug-likeness (QED) is 0.403. The summed E-state index contributed by atoms with van der Waals surface area (Å²) in [6.45, 7) is 0.353. The molecule has 5 rings (SSSR count). The van der Waals surface area contributed by atoms with Gasteiger partial charge in [0, 0.05) is 51.4 Å². The number of alkyl halides is 6. The lowest BCUT2D eigenvalue weighted by Crippen LogP contribution is -2.43. The van der Waals surface area contributed by atoms with Gasteiger partial charge in [-0.05, 0) is 55.2 Å². The minimum atomic E-state index is -5.40. The maximum absolute atomic E-state index is 14.1. The summed E-state index contributed by atoms with van der Waals surface area (Å²) in [6.07, 6.45) is -10.4. The van der Waals surface area contributed by atoms with Crippen LogP contribution in [0.4, 0.5) is 51.7 Å². The third-order valence-electron chi connectivity index (χ3n) is 7.73. The normalized spacial score (nSPS) is 20.6. The van der Waals surface area contributed by atoms with Gasteiger partial charge < -0.3 is 14.5 Å². The number of hydrogen-bond acceptors (Lipinski definition) is 4. The smallest absolute Gasteiger partial charge is 0.407 e. The van der Waals surface area contributed by atoms with Crippen LogP contribution in [0.5, 0.6) is 5.75 Å². The molecular weight excluding hydrogens is 577 g/mol. The minimum absolute atomic E-state index is 0.0198. The van der Waals surface area contributed by atoms with Gasteiger partial charge in [0.05, 0.1) is 11.3 Å². The summed E-state index contributed by atoms with van der Waals surface area (Å²) >= 11 is 0. The number of hydrogen-bond donors (Lipinski definition) is 0. The topological polar surface area (TPSA) is 73.4 Å². The van der Waals surface area contributed by atoms with Gasteiger partial charge in [0.1, 0.15) is 11.4 Å². The average molecular weight is 603 g/mol. The van der Waals surface area contributed by atoms with Crippen molar-refractivity contribution in [2.24, 2.45) is 11.8 Å². The third kappa shape index (κ3) is 5.81. The number of benzene rings is 2. The van der Waals surface area contributed by atoms with E-state index in [1.165, 1.54) is 4.90 Å². The van der Waals surface area contributed by atoms with Crippen molar-refractivity contribution in [3.63, 3.8) is 0 Å². The van der Waals surface area contributed by atoms with Gasteiger partial charge in [0.15, 0.2) is 5.75 Å². The zero-order chi connectivity index (χ0) is 30.6. The standard InChI is InChI=1S/C27H25F7N4O4/c1-35(18-4-2-17(28)3-5-18)25(41)42-22-20(27(32,33)34)13-16(26(29,30)31)14-21(22)38-11-10-37(24(38)40)9-8-36-7-6-15-12-19(15)23(36)39/h2-5,13-15,19H,6-12H2,1H3. The predicted octanol–water partition coefficient (Wildman–Crippen LogP) is 5.61. The van der Waals surface area contributed by atoms with Crippen LogP contribution in [0.2, 0.25) is 0 Å². The van der Waals surface area contributed by atoms with Crippen molar-refractivity contribution in [2.45, 2.75) is 25.2 Å². The van der Waals surface area contributed by atoms with E-state index in [0.29, 0.717) is 23.4 Å². The van der Waals surface area contributed by atoms with Crippen molar-refractivity contribution < 1.29 is 49.9 Å². The summed E-state index contributed by atoms with van der Waals surface area (Å²) in [5, 5.41) is 0. The highest BCUT2D eigenvalue weighted by Gasteiger charge is 2.48. The molecule has 2 unspecified atom stereocenters. The summed E-state index contributed by atoms with van der Waals surface area (Å²) in [4.78, 5) is 42.9. The first kappa shape index (κ1) is 29.5. The molecule has 1 aliphatic carbocycles. The highest BCUT2D eigenvalue weighted by Crippen LogP contribution is 2.47. The van der Waals surface area contributed by atoms with Gasteiger partial charge >= 0.3 is 24.5 Å². The number of ether oxygens (including phenoxy) is 1. The van der Waals surface area contributed by atoms with E-state index in [1.54, 1.807) is 4.90 Å². The lowest BCUT2D eigenvalue weighted by molar-refractivity contribution is -0.143. The zero-order valence-electron chi connectivity index (χ0n) is 22.1. The Hall–Kier alpha value is -4.04. The summed E-state index contributed by atoms with van der Waals surface area (Å²) in [5.74, 6) is -1.61. The Morgan fingerprint density at radius 2 is 1.62 bits per heavy atom. The number of urea groups is 1. The van der Waals surface area contributed by atoms with Crippen LogP contribution in [0.1, 0.15) is 24.0 Å². The molecule has 2 heterocycles. The number of likely N-dealkylation sites (tertiary alicyclic amines) is 1. The van der Waals surface area contributed by atoms with E-state index in [9.17, 15) is 45.1 Å². The first-order chi connectivity index (χ1) is 19.6. The van der Waals surface area contributed by atoms with Crippen molar-refractivity contribution in [1.82, 2.24) is 9.80 Å². The van der Waals surface area contributed by atoms with Crippen LogP contribution >= 0.6 is 0 Å². The van der Waals surface area contributed by atoms with Gasteiger partial charge in [-0.25, -0.2) is 14.0 Å². The summed E-state index contributed by atoms with van der Waals surface area (Å²) < 4.78 is 102. The van der Waals surface area contributed by atoms with Gasteiger partial charge in [-0.3, -0.25) is 14.6 Å². The maximum atomic E-state index is 14.1. The Morgan fingerprint density at radius 1 is 0.952 bits per heavy atom. The van der Waals surface area contributed by atoms with Crippen molar-refractivity contribution >= 4 is 29.4 Å². The molecule has 2 aromatic rings. The number of carbonyl (C=O) groups excluding carboxylic acids is 3. The molecule has 4 amide bonds. The van der Waals surface area contributed by atoms with Crippen LogP contribution in [-0.4, -0.2) is 67.6 Å². The van der Waals surface area contributed by atoms with E-state index in [2.05, 4.69) is 0 Å². The molecule has 3 aliphatic rings. The highest BCUT2D eigenvalue weighted by atomic mass is 19.4. The fraction of sp³-hybridized carbons (Fsp3) is 0.444. The van der Waals surface area contributed by atoms with E-state index in [-0.39, 0.29) is 49.8 Å². The Morgan fingerprint density at radius 3 is 2.26 bits per heavy atom. The van der Waals surface area contributed by atoms with Crippen LogP contribution in [0.25, 0.3) is 0 Å². The minimum Gasteiger partial charge on any atom is -0.407 e. The molecule has 226 valence electrons. The third-order valence-corrected chi connectivity index (χ3v) is 7.73. The second-order valence-electron chi connectivity index (χ2n) is 10.4. The fourth-order valence-corrected chi connectivity index (χ4v) is 5.23. The molecule has 2 aliphatic heterocycles. The largest absolute Gasteiger partial charge is 0.420 e. The van der Waals surface area contributed by atoms with Gasteiger partial charge in [0.25, 0.3) is 0 Å². The Labute approximate surface area is 235 Å². The molecule has 0 bridgehead atoms. The summed E-state index contributed by atoms with van der Waals surface area (Å²) in [7, 11) is 1.11. The molecule has 0 aromatic heterocycles. The molecule has 2 saturated heterocycles. The van der Waals surface area contributed by atoms with E-state index in [4.69, 9.17) is 4.74 Å². The van der Waals surface area contributed by atoms with Crippen LogP contribution in [0, 0.1) is 17.7 Å². The van der Waals surface area contributed by atoms with Gasteiger partial charge in [-0.15, -0.1) is 0 Å². The number of fused-ring (bicyclic) bond motifs is 1. The van der Waals surface area contributed by atoms with Crippen LogP contribution < -0.4 is 14.5 Å². The molecule has 2 aromatic carbocycles. The second-order valence-corrected chi connectivity index (χ2v) is 10.4. The maximum Gasteiger partial charge on any atom is 0.420 e. The second kappa shape index (κ2) is 10.7. The zero-order valence-corrected chi connectivity index (χ0v) is 22.1. The average Bonchev–Trinajstić information content (AvgIpc) is 3.63. The summed E-state index contributed by atoms with van der Waals surface area (Å²) in [6, 6.07) is 3.51. The van der Waals surface area contributed by atoms with E-state index in [1.807, 2.05) is 0 Å². The molecule has 0 radical (unpaired) electrons. The van der Waals surface area contributed by atoms with E-state index in [0.717, 1.165) is 49.1 Å². The van der Waals surface area contributed by atoms with Crippen LogP contribution in [-0.2, 0) is 17.1 Å². The monoisotopic (exact) mass is 602 g/mol. The van der Waals surface area contributed by atoms with Gasteiger partial charge in [-0.1, -0.05) is 0 Å². The first-order valence-electron chi connectivity index (χ1n) is 13.0. The molecule has 8 nitrogen and oxygen atoms in total. The fourth-order valence-electron chi connectivity index (χ4n) is 5.23.